The van der Waals surface area contributed by atoms with Gasteiger partial charge in [-0.3, -0.25) is 19.2 Å². The SMILES string of the molecule is CCc1nnc(NS(=O)(=O)c2ccc(N3C(=O)CC(C)(CC)C3=O)cc2)s1. The third kappa shape index (κ3) is 3.59. The second-order valence-corrected chi connectivity index (χ2v) is 9.32. The second-order valence-electron chi connectivity index (χ2n) is 6.58. The summed E-state index contributed by atoms with van der Waals surface area (Å²) in [4.78, 5) is 26.0. The van der Waals surface area contributed by atoms with Gasteiger partial charge in [0.15, 0.2) is 0 Å². The first-order valence-corrected chi connectivity index (χ1v) is 10.8. The van der Waals surface area contributed by atoms with Crippen LogP contribution in [0.5, 0.6) is 0 Å². The monoisotopic (exact) mass is 408 g/mol. The highest BCUT2D eigenvalue weighted by atomic mass is 32.2. The Kier molecular flexibility index (Phi) is 5.04. The van der Waals surface area contributed by atoms with Crippen molar-refractivity contribution in [1.82, 2.24) is 10.2 Å². The van der Waals surface area contributed by atoms with E-state index in [9.17, 15) is 18.0 Å². The van der Waals surface area contributed by atoms with Crippen LogP contribution < -0.4 is 9.62 Å². The first-order valence-electron chi connectivity index (χ1n) is 8.53. The number of carbonyl (C=O) groups excluding carboxylic acids is 2. The van der Waals surface area contributed by atoms with Gasteiger partial charge in [-0.2, -0.15) is 0 Å². The maximum absolute atomic E-state index is 12.6. The van der Waals surface area contributed by atoms with E-state index in [0.29, 0.717) is 18.5 Å². The summed E-state index contributed by atoms with van der Waals surface area (Å²) in [6, 6.07) is 5.65. The number of aryl methyl sites for hydroxylation is 1. The lowest BCUT2D eigenvalue weighted by Crippen LogP contribution is -2.34. The van der Waals surface area contributed by atoms with E-state index >= 15 is 0 Å². The topological polar surface area (TPSA) is 109 Å². The molecular weight excluding hydrogens is 388 g/mol. The minimum Gasteiger partial charge on any atom is -0.274 e. The van der Waals surface area contributed by atoms with Gasteiger partial charge >= 0.3 is 0 Å². The van der Waals surface area contributed by atoms with Gasteiger partial charge in [-0.25, -0.2) is 8.42 Å². The van der Waals surface area contributed by atoms with Crippen LogP contribution in [-0.2, 0) is 26.0 Å². The molecule has 1 aliphatic rings. The normalized spacial score (nSPS) is 20.3. The maximum Gasteiger partial charge on any atom is 0.263 e. The van der Waals surface area contributed by atoms with E-state index in [0.717, 1.165) is 9.91 Å². The number of nitrogens with zero attached hydrogens (tertiary/aromatic N) is 3. The van der Waals surface area contributed by atoms with Crippen molar-refractivity contribution in [3.8, 4) is 0 Å². The Morgan fingerprint density at radius 2 is 1.85 bits per heavy atom. The number of hydrogen-bond donors (Lipinski definition) is 1. The maximum atomic E-state index is 12.6. The molecule has 1 saturated heterocycles. The van der Waals surface area contributed by atoms with Crippen LogP contribution in [0.15, 0.2) is 29.2 Å². The smallest absolute Gasteiger partial charge is 0.263 e. The molecule has 0 spiro atoms. The van der Waals surface area contributed by atoms with Crippen LogP contribution in [0.3, 0.4) is 0 Å². The van der Waals surface area contributed by atoms with Gasteiger partial charge in [-0.1, -0.05) is 32.1 Å². The van der Waals surface area contributed by atoms with Crippen molar-refractivity contribution in [2.24, 2.45) is 5.41 Å². The molecule has 2 aromatic rings. The zero-order valence-electron chi connectivity index (χ0n) is 15.2. The molecule has 1 fully saturated rings. The fourth-order valence-electron chi connectivity index (χ4n) is 2.80. The largest absolute Gasteiger partial charge is 0.274 e. The van der Waals surface area contributed by atoms with Gasteiger partial charge in [0.1, 0.15) is 5.01 Å². The van der Waals surface area contributed by atoms with Crippen molar-refractivity contribution in [3.05, 3.63) is 29.3 Å². The van der Waals surface area contributed by atoms with Crippen LogP contribution in [0.1, 0.15) is 38.6 Å². The number of hydrogen-bond acceptors (Lipinski definition) is 7. The van der Waals surface area contributed by atoms with Crippen molar-refractivity contribution in [3.63, 3.8) is 0 Å². The number of amides is 2. The van der Waals surface area contributed by atoms with Gasteiger partial charge in [0.2, 0.25) is 16.9 Å². The molecule has 1 atom stereocenters. The number of benzene rings is 1. The molecule has 1 unspecified atom stereocenters. The van der Waals surface area contributed by atoms with Gasteiger partial charge in [0, 0.05) is 6.42 Å². The first kappa shape index (κ1) is 19.4. The molecule has 2 heterocycles. The lowest BCUT2D eigenvalue weighted by Gasteiger charge is -2.20. The minimum atomic E-state index is -3.83. The van der Waals surface area contributed by atoms with Crippen molar-refractivity contribution >= 4 is 44.0 Å². The van der Waals surface area contributed by atoms with E-state index in [4.69, 9.17) is 0 Å². The molecule has 0 radical (unpaired) electrons. The molecule has 1 aliphatic heterocycles. The van der Waals surface area contributed by atoms with Gasteiger partial charge in [-0.15, -0.1) is 10.2 Å². The fourth-order valence-corrected chi connectivity index (χ4v) is 4.70. The molecule has 0 bridgehead atoms. The Bertz CT molecular complexity index is 985. The van der Waals surface area contributed by atoms with Crippen LogP contribution >= 0.6 is 11.3 Å². The van der Waals surface area contributed by atoms with Crippen molar-refractivity contribution < 1.29 is 18.0 Å². The average molecular weight is 409 g/mol. The molecule has 27 heavy (non-hydrogen) atoms. The number of nitrogens with one attached hydrogen (secondary N) is 1. The zero-order valence-corrected chi connectivity index (χ0v) is 16.9. The molecule has 0 aliphatic carbocycles. The number of anilines is 2. The highest BCUT2D eigenvalue weighted by Crippen LogP contribution is 2.38. The third-order valence-electron chi connectivity index (χ3n) is 4.69. The van der Waals surface area contributed by atoms with Crippen LogP contribution in [0, 0.1) is 5.41 Å². The van der Waals surface area contributed by atoms with Gasteiger partial charge in [-0.05, 0) is 37.1 Å². The number of sulfonamides is 1. The summed E-state index contributed by atoms with van der Waals surface area (Å²) in [6.07, 6.45) is 1.38. The van der Waals surface area contributed by atoms with Crippen molar-refractivity contribution in [1.29, 1.82) is 0 Å². The van der Waals surface area contributed by atoms with Gasteiger partial charge in [0.25, 0.3) is 10.0 Å². The predicted octanol–water partition coefficient (Wildman–Crippen LogP) is 2.58. The molecule has 1 aromatic heterocycles. The molecule has 3 rings (SSSR count). The standard InChI is InChI=1S/C17H20N4O4S2/c1-4-13-18-19-16(26-13)20-27(24,25)12-8-6-11(7-9-12)21-14(22)10-17(3,5-2)15(21)23/h6-9H,4-5,10H2,1-3H3,(H,19,20). The lowest BCUT2D eigenvalue weighted by atomic mass is 9.86. The summed E-state index contributed by atoms with van der Waals surface area (Å²) >= 11 is 1.17. The van der Waals surface area contributed by atoms with E-state index in [1.807, 2.05) is 13.8 Å². The van der Waals surface area contributed by atoms with Crippen molar-refractivity contribution in [2.45, 2.75) is 44.9 Å². The molecule has 1 N–H and O–H groups in total. The van der Waals surface area contributed by atoms with E-state index < -0.39 is 15.4 Å². The highest BCUT2D eigenvalue weighted by molar-refractivity contribution is 7.93. The van der Waals surface area contributed by atoms with Crippen molar-refractivity contribution in [2.75, 3.05) is 9.62 Å². The van der Waals surface area contributed by atoms with Crippen LogP contribution in [0.4, 0.5) is 10.8 Å². The summed E-state index contributed by atoms with van der Waals surface area (Å²) in [5.74, 6) is -0.538. The molecule has 8 nitrogen and oxygen atoms in total. The average Bonchev–Trinajstić information content (AvgIpc) is 3.17. The summed E-state index contributed by atoms with van der Waals surface area (Å²) < 4.78 is 27.4. The molecule has 144 valence electrons. The summed E-state index contributed by atoms with van der Waals surface area (Å²) in [5.41, 5.74) is -0.344. The Labute approximate surface area is 161 Å². The fraction of sp³-hybridized carbons (Fsp3) is 0.412. The first-order chi connectivity index (χ1) is 12.7. The van der Waals surface area contributed by atoms with Crippen LogP contribution in [-0.4, -0.2) is 30.4 Å². The Hall–Kier alpha value is -2.33. The van der Waals surface area contributed by atoms with Crippen LogP contribution in [0.2, 0.25) is 0 Å². The summed E-state index contributed by atoms with van der Waals surface area (Å²) in [7, 11) is -3.83. The zero-order chi connectivity index (χ0) is 19.8. The summed E-state index contributed by atoms with van der Waals surface area (Å²) in [5, 5.41) is 8.61. The number of carbonyl (C=O) groups is 2. The number of imide groups is 1. The molecule has 2 amide bonds. The van der Waals surface area contributed by atoms with Gasteiger partial charge in [0.05, 0.1) is 16.0 Å². The highest BCUT2D eigenvalue weighted by Gasteiger charge is 2.47. The Morgan fingerprint density at radius 3 is 2.37 bits per heavy atom. The summed E-state index contributed by atoms with van der Waals surface area (Å²) in [6.45, 7) is 5.54. The Balaban J connectivity index is 1.82. The minimum absolute atomic E-state index is 0.0110. The van der Waals surface area contributed by atoms with E-state index in [1.54, 1.807) is 6.92 Å². The predicted molar refractivity (Wildman–Crippen MR) is 102 cm³/mol. The number of rotatable bonds is 6. The molecule has 0 saturated carbocycles. The van der Waals surface area contributed by atoms with E-state index in [1.165, 1.54) is 35.6 Å². The molecule has 10 heteroatoms. The third-order valence-corrected chi connectivity index (χ3v) is 7.15. The van der Waals surface area contributed by atoms with Crippen LogP contribution in [0.25, 0.3) is 0 Å². The Morgan fingerprint density at radius 1 is 1.19 bits per heavy atom. The number of aromatic nitrogens is 2. The molecular formula is C17H20N4O4S2. The quantitative estimate of drug-likeness (QED) is 0.736. The van der Waals surface area contributed by atoms with E-state index in [2.05, 4.69) is 14.9 Å². The van der Waals surface area contributed by atoms with E-state index in [-0.39, 0.29) is 28.3 Å². The van der Waals surface area contributed by atoms with Gasteiger partial charge < -0.3 is 0 Å². The molecule has 1 aromatic carbocycles. The second kappa shape index (κ2) is 7.01. The lowest BCUT2D eigenvalue weighted by molar-refractivity contribution is -0.125.